The third kappa shape index (κ3) is 3.33. The van der Waals surface area contributed by atoms with E-state index in [2.05, 4.69) is 25.6 Å². The first-order valence-electron chi connectivity index (χ1n) is 5.55. The number of pyridine rings is 1. The highest BCUT2D eigenvalue weighted by molar-refractivity contribution is 7.98. The highest BCUT2D eigenvalue weighted by Crippen LogP contribution is 2.17. The van der Waals surface area contributed by atoms with Crippen molar-refractivity contribution in [3.63, 3.8) is 0 Å². The van der Waals surface area contributed by atoms with Crippen molar-refractivity contribution in [2.45, 2.75) is 11.7 Å². The van der Waals surface area contributed by atoms with Gasteiger partial charge in [0, 0.05) is 32.1 Å². The zero-order chi connectivity index (χ0) is 12.8. The highest BCUT2D eigenvalue weighted by Gasteiger charge is 2.02. The van der Waals surface area contributed by atoms with Crippen LogP contribution in [0.5, 0.6) is 0 Å². The average Bonchev–Trinajstić information content (AvgIpc) is 2.45. The first-order valence-corrected chi connectivity index (χ1v) is 6.78. The van der Waals surface area contributed by atoms with E-state index in [-0.39, 0.29) is 0 Å². The number of nitrogens with one attached hydrogen (secondary N) is 2. The summed E-state index contributed by atoms with van der Waals surface area (Å²) >= 11 is 1.52. The Balaban J connectivity index is 2.09. The second kappa shape index (κ2) is 6.20. The molecule has 0 aliphatic heterocycles. The number of thioether (sulfide) groups is 1. The largest absolute Gasteiger partial charge is 0.373 e. The first-order chi connectivity index (χ1) is 8.81. The van der Waals surface area contributed by atoms with Crippen LogP contribution >= 0.6 is 11.8 Å². The molecule has 0 bridgehead atoms. The van der Waals surface area contributed by atoms with E-state index in [1.54, 1.807) is 6.20 Å². The van der Waals surface area contributed by atoms with E-state index in [0.717, 1.165) is 22.4 Å². The van der Waals surface area contributed by atoms with Crippen LogP contribution in [0.25, 0.3) is 0 Å². The number of rotatable bonds is 5. The summed E-state index contributed by atoms with van der Waals surface area (Å²) in [6, 6.07) is 5.83. The Morgan fingerprint density at radius 1 is 1.28 bits per heavy atom. The minimum atomic E-state index is 0.696. The highest BCUT2D eigenvalue weighted by atomic mass is 32.2. The molecule has 2 heterocycles. The molecule has 2 N–H and O–H groups in total. The van der Waals surface area contributed by atoms with Gasteiger partial charge in [-0.15, -0.1) is 0 Å². The molecule has 2 aromatic rings. The van der Waals surface area contributed by atoms with Gasteiger partial charge in [0.05, 0.1) is 0 Å². The van der Waals surface area contributed by atoms with Crippen molar-refractivity contribution in [2.24, 2.45) is 0 Å². The average molecular weight is 261 g/mol. The Morgan fingerprint density at radius 2 is 2.11 bits per heavy atom. The summed E-state index contributed by atoms with van der Waals surface area (Å²) in [5.74, 6) is 1.62. The summed E-state index contributed by atoms with van der Waals surface area (Å²) in [7, 11) is 1.84. The second-order valence-corrected chi connectivity index (χ2v) is 4.36. The first kappa shape index (κ1) is 12.6. The predicted octanol–water partition coefficient (Wildman–Crippen LogP) is 2.25. The minimum Gasteiger partial charge on any atom is -0.373 e. The van der Waals surface area contributed by atoms with E-state index in [1.165, 1.54) is 11.8 Å². The molecule has 0 radical (unpaired) electrons. The lowest BCUT2D eigenvalue weighted by atomic mass is 10.3. The molecule has 6 heteroatoms. The van der Waals surface area contributed by atoms with Gasteiger partial charge in [0.2, 0.25) is 0 Å². The van der Waals surface area contributed by atoms with Crippen molar-refractivity contribution < 1.29 is 0 Å². The van der Waals surface area contributed by atoms with E-state index in [1.807, 2.05) is 37.7 Å². The van der Waals surface area contributed by atoms with Gasteiger partial charge in [-0.1, -0.05) is 17.8 Å². The molecular weight excluding hydrogens is 246 g/mol. The van der Waals surface area contributed by atoms with Crippen molar-refractivity contribution in [2.75, 3.05) is 23.9 Å². The molecule has 0 fully saturated rings. The molecule has 0 atom stereocenters. The summed E-state index contributed by atoms with van der Waals surface area (Å²) < 4.78 is 0. The van der Waals surface area contributed by atoms with Gasteiger partial charge < -0.3 is 10.6 Å². The van der Waals surface area contributed by atoms with Gasteiger partial charge in [-0.05, 0) is 17.9 Å². The van der Waals surface area contributed by atoms with Gasteiger partial charge in [-0.25, -0.2) is 9.97 Å². The van der Waals surface area contributed by atoms with Crippen molar-refractivity contribution in [3.8, 4) is 0 Å². The van der Waals surface area contributed by atoms with Crippen LogP contribution in [0.1, 0.15) is 5.56 Å². The zero-order valence-corrected chi connectivity index (χ0v) is 11.2. The minimum absolute atomic E-state index is 0.696. The number of anilines is 2. The molecule has 0 aromatic carbocycles. The van der Waals surface area contributed by atoms with Gasteiger partial charge in [0.1, 0.15) is 11.6 Å². The molecule has 2 rings (SSSR count). The molecule has 0 amide bonds. The van der Waals surface area contributed by atoms with Crippen LogP contribution in [0, 0.1) is 0 Å². The Kier molecular flexibility index (Phi) is 4.35. The van der Waals surface area contributed by atoms with Crippen LogP contribution in [0.4, 0.5) is 11.6 Å². The molecule has 5 nitrogen and oxygen atoms in total. The summed E-state index contributed by atoms with van der Waals surface area (Å²) in [6.07, 6.45) is 5.56. The summed E-state index contributed by atoms with van der Waals surface area (Å²) in [6.45, 7) is 0.696. The number of aromatic nitrogens is 3. The Labute approximate surface area is 110 Å². The lowest BCUT2D eigenvalue weighted by Crippen LogP contribution is -2.04. The molecule has 0 aliphatic rings. The van der Waals surface area contributed by atoms with Crippen LogP contribution in [-0.4, -0.2) is 28.3 Å². The Hall–Kier alpha value is -1.82. The van der Waals surface area contributed by atoms with Crippen molar-refractivity contribution >= 4 is 23.4 Å². The normalized spacial score (nSPS) is 10.1. The zero-order valence-electron chi connectivity index (χ0n) is 10.3. The molecule has 2 aromatic heterocycles. The summed E-state index contributed by atoms with van der Waals surface area (Å²) in [5, 5.41) is 7.04. The fraction of sp³-hybridized carbons (Fsp3) is 0.250. The maximum absolute atomic E-state index is 4.40. The molecule has 0 unspecified atom stereocenters. The monoisotopic (exact) mass is 261 g/mol. The molecule has 18 heavy (non-hydrogen) atoms. The van der Waals surface area contributed by atoms with Crippen molar-refractivity contribution in [3.05, 3.63) is 36.2 Å². The van der Waals surface area contributed by atoms with Crippen LogP contribution in [0.15, 0.2) is 35.7 Å². The number of nitrogens with zero attached hydrogens (tertiary/aromatic N) is 3. The molecule has 0 aliphatic carbocycles. The maximum Gasteiger partial charge on any atom is 0.191 e. The van der Waals surface area contributed by atoms with Crippen molar-refractivity contribution in [1.29, 1.82) is 0 Å². The molecule has 0 saturated carbocycles. The van der Waals surface area contributed by atoms with Gasteiger partial charge in [-0.2, -0.15) is 0 Å². The molecular formula is C12H15N5S. The van der Waals surface area contributed by atoms with E-state index < -0.39 is 0 Å². The predicted molar refractivity (Wildman–Crippen MR) is 74.9 cm³/mol. The number of hydrogen-bond donors (Lipinski definition) is 2. The van der Waals surface area contributed by atoms with Crippen LogP contribution in [0.2, 0.25) is 0 Å². The summed E-state index contributed by atoms with van der Waals surface area (Å²) in [5.41, 5.74) is 1.12. The third-order valence-corrected chi connectivity index (χ3v) is 2.89. The van der Waals surface area contributed by atoms with Gasteiger partial charge in [0.25, 0.3) is 0 Å². The topological polar surface area (TPSA) is 62.7 Å². The molecule has 0 saturated heterocycles. The van der Waals surface area contributed by atoms with Gasteiger partial charge in [-0.3, -0.25) is 4.98 Å². The van der Waals surface area contributed by atoms with E-state index in [0.29, 0.717) is 6.54 Å². The third-order valence-electron chi connectivity index (χ3n) is 2.34. The lowest BCUT2D eigenvalue weighted by molar-refractivity contribution is 0.956. The fourth-order valence-corrected chi connectivity index (χ4v) is 1.81. The van der Waals surface area contributed by atoms with Crippen LogP contribution in [-0.2, 0) is 6.54 Å². The van der Waals surface area contributed by atoms with Crippen LogP contribution in [0.3, 0.4) is 0 Å². The maximum atomic E-state index is 4.40. The fourth-order valence-electron chi connectivity index (χ4n) is 1.43. The number of hydrogen-bond acceptors (Lipinski definition) is 6. The lowest BCUT2D eigenvalue weighted by Gasteiger charge is -2.08. The second-order valence-electron chi connectivity index (χ2n) is 3.59. The van der Waals surface area contributed by atoms with E-state index in [9.17, 15) is 0 Å². The Morgan fingerprint density at radius 3 is 2.78 bits per heavy atom. The standard InChI is InChI=1S/C12H15N5S/c1-13-10-6-11(17-12(16-10)18-2)15-8-9-4-3-5-14-7-9/h3-7H,8H2,1-2H3,(H2,13,15,16,17). The molecule has 0 spiro atoms. The quantitative estimate of drug-likeness (QED) is 0.636. The van der Waals surface area contributed by atoms with Crippen molar-refractivity contribution in [1.82, 2.24) is 15.0 Å². The van der Waals surface area contributed by atoms with Gasteiger partial charge in [0.15, 0.2) is 5.16 Å². The van der Waals surface area contributed by atoms with Gasteiger partial charge >= 0.3 is 0 Å². The van der Waals surface area contributed by atoms with E-state index >= 15 is 0 Å². The van der Waals surface area contributed by atoms with Crippen LogP contribution < -0.4 is 10.6 Å². The smallest absolute Gasteiger partial charge is 0.191 e. The Bertz CT molecular complexity index is 481. The summed E-state index contributed by atoms with van der Waals surface area (Å²) in [4.78, 5) is 12.8. The van der Waals surface area contributed by atoms with E-state index in [4.69, 9.17) is 0 Å². The SMILES string of the molecule is CNc1cc(NCc2cccnc2)nc(SC)n1. The molecule has 94 valence electrons.